The molecule has 0 radical (unpaired) electrons. The number of rotatable bonds is 8. The van der Waals surface area contributed by atoms with Gasteiger partial charge in [0.25, 0.3) is 0 Å². The first kappa shape index (κ1) is 21.4. The Labute approximate surface area is 162 Å². The number of aromatic nitrogens is 1. The molecule has 0 aromatic carbocycles. The lowest BCUT2D eigenvalue weighted by atomic mass is 9.83. The lowest BCUT2D eigenvalue weighted by molar-refractivity contribution is -0.129. The highest BCUT2D eigenvalue weighted by Gasteiger charge is 2.35. The molecule has 27 heavy (non-hydrogen) atoms. The van der Waals surface area contributed by atoms with Gasteiger partial charge in [-0.2, -0.15) is 0 Å². The number of amides is 2. The zero-order valence-corrected chi connectivity index (χ0v) is 17.0. The molecule has 2 N–H and O–H groups in total. The summed E-state index contributed by atoms with van der Waals surface area (Å²) in [7, 11) is 0. The summed E-state index contributed by atoms with van der Waals surface area (Å²) in [6, 6.07) is 2.02. The fraction of sp³-hybridized carbons (Fsp3) is 0.667. The van der Waals surface area contributed by atoms with Crippen LogP contribution in [0.1, 0.15) is 62.8 Å². The van der Waals surface area contributed by atoms with Crippen molar-refractivity contribution in [1.29, 1.82) is 0 Å². The number of ether oxygens (including phenoxy) is 1. The van der Waals surface area contributed by atoms with E-state index in [0.29, 0.717) is 26.0 Å². The highest BCUT2D eigenvalue weighted by molar-refractivity contribution is 5.79. The number of hydrogen-bond donors (Lipinski definition) is 2. The van der Waals surface area contributed by atoms with Crippen LogP contribution in [0.5, 0.6) is 0 Å². The predicted molar refractivity (Wildman–Crippen MR) is 105 cm³/mol. The SMILES string of the molecule is CCCO[C@@H]1C[C@@H](C(=O)NCc2cnc(C)cc2C)CC[C@H]1NC(=O)CC. The van der Waals surface area contributed by atoms with Crippen LogP contribution in [-0.4, -0.2) is 35.6 Å². The Bertz CT molecular complexity index is 648. The van der Waals surface area contributed by atoms with E-state index < -0.39 is 0 Å². The standard InChI is InChI=1S/C21H33N3O3/c1-5-9-27-19-11-16(7-8-18(19)24-20(25)6-2)21(26)23-13-17-12-22-15(4)10-14(17)3/h10,12,16,18-19H,5-9,11,13H2,1-4H3,(H,23,26)(H,24,25)/t16-,18+,19+/m0/s1. The maximum atomic E-state index is 12.7. The molecule has 2 amide bonds. The lowest BCUT2D eigenvalue weighted by Gasteiger charge is -2.36. The second kappa shape index (κ2) is 10.4. The van der Waals surface area contributed by atoms with Gasteiger partial charge in [-0.15, -0.1) is 0 Å². The van der Waals surface area contributed by atoms with E-state index in [1.54, 1.807) is 0 Å². The van der Waals surface area contributed by atoms with E-state index in [4.69, 9.17) is 4.74 Å². The summed E-state index contributed by atoms with van der Waals surface area (Å²) in [4.78, 5) is 28.8. The van der Waals surface area contributed by atoms with Crippen molar-refractivity contribution in [3.05, 3.63) is 29.1 Å². The van der Waals surface area contributed by atoms with Crippen LogP contribution in [0, 0.1) is 19.8 Å². The Morgan fingerprint density at radius 3 is 2.70 bits per heavy atom. The van der Waals surface area contributed by atoms with E-state index in [-0.39, 0.29) is 29.9 Å². The third-order valence-corrected chi connectivity index (χ3v) is 5.18. The molecule has 6 heteroatoms. The van der Waals surface area contributed by atoms with Crippen LogP contribution in [0.25, 0.3) is 0 Å². The van der Waals surface area contributed by atoms with Crippen molar-refractivity contribution in [1.82, 2.24) is 15.6 Å². The van der Waals surface area contributed by atoms with Gasteiger partial charge < -0.3 is 15.4 Å². The van der Waals surface area contributed by atoms with E-state index in [1.165, 1.54) is 0 Å². The molecule has 150 valence electrons. The normalized spacial score (nSPS) is 22.3. The van der Waals surface area contributed by atoms with Crippen LogP contribution < -0.4 is 10.6 Å². The first-order valence-corrected chi connectivity index (χ1v) is 10.0. The monoisotopic (exact) mass is 375 g/mol. The summed E-state index contributed by atoms with van der Waals surface area (Å²) in [5.74, 6) is 0.0102. The summed E-state index contributed by atoms with van der Waals surface area (Å²) in [6.45, 7) is 9.04. The van der Waals surface area contributed by atoms with Crippen molar-refractivity contribution in [2.75, 3.05) is 6.61 Å². The zero-order chi connectivity index (χ0) is 19.8. The molecule has 1 fully saturated rings. The molecule has 1 aliphatic carbocycles. The van der Waals surface area contributed by atoms with Crippen LogP contribution in [0.2, 0.25) is 0 Å². The molecule has 0 bridgehead atoms. The lowest BCUT2D eigenvalue weighted by Crippen LogP contribution is -2.50. The average Bonchev–Trinajstić information content (AvgIpc) is 2.66. The Kier molecular flexibility index (Phi) is 8.23. The van der Waals surface area contributed by atoms with E-state index in [0.717, 1.165) is 36.1 Å². The summed E-state index contributed by atoms with van der Waals surface area (Å²) in [5.41, 5.74) is 3.15. The van der Waals surface area contributed by atoms with Gasteiger partial charge in [-0.1, -0.05) is 13.8 Å². The van der Waals surface area contributed by atoms with Crippen molar-refractivity contribution in [2.24, 2.45) is 5.92 Å². The molecule has 0 saturated heterocycles. The van der Waals surface area contributed by atoms with Crippen molar-refractivity contribution in [2.45, 2.75) is 78.5 Å². The largest absolute Gasteiger partial charge is 0.376 e. The minimum atomic E-state index is -0.104. The van der Waals surface area contributed by atoms with Crippen molar-refractivity contribution >= 4 is 11.8 Å². The van der Waals surface area contributed by atoms with E-state index >= 15 is 0 Å². The minimum absolute atomic E-state index is 0.00315. The van der Waals surface area contributed by atoms with Gasteiger partial charge in [-0.3, -0.25) is 14.6 Å². The summed E-state index contributed by atoms with van der Waals surface area (Å²) in [5, 5.41) is 6.10. The van der Waals surface area contributed by atoms with Crippen LogP contribution in [0.4, 0.5) is 0 Å². The van der Waals surface area contributed by atoms with Crippen LogP contribution >= 0.6 is 0 Å². The Morgan fingerprint density at radius 2 is 2.04 bits per heavy atom. The van der Waals surface area contributed by atoms with Crippen molar-refractivity contribution in [3.8, 4) is 0 Å². The van der Waals surface area contributed by atoms with Gasteiger partial charge in [0.15, 0.2) is 0 Å². The summed E-state index contributed by atoms with van der Waals surface area (Å²) >= 11 is 0. The average molecular weight is 376 g/mol. The van der Waals surface area contributed by atoms with Crippen molar-refractivity contribution in [3.63, 3.8) is 0 Å². The maximum absolute atomic E-state index is 12.7. The van der Waals surface area contributed by atoms with Gasteiger partial charge in [0.05, 0.1) is 12.1 Å². The smallest absolute Gasteiger partial charge is 0.223 e. The molecule has 1 aliphatic rings. The number of hydrogen-bond acceptors (Lipinski definition) is 4. The van der Waals surface area contributed by atoms with Gasteiger partial charge in [0.2, 0.25) is 11.8 Å². The van der Waals surface area contributed by atoms with Crippen molar-refractivity contribution < 1.29 is 14.3 Å². The molecular weight excluding hydrogens is 342 g/mol. The second-order valence-electron chi connectivity index (χ2n) is 7.42. The number of pyridine rings is 1. The van der Waals surface area contributed by atoms with Gasteiger partial charge in [0, 0.05) is 37.4 Å². The van der Waals surface area contributed by atoms with Gasteiger partial charge in [-0.05, 0) is 56.7 Å². The fourth-order valence-corrected chi connectivity index (χ4v) is 3.53. The number of carbonyl (C=O) groups is 2. The Morgan fingerprint density at radius 1 is 1.26 bits per heavy atom. The zero-order valence-electron chi connectivity index (χ0n) is 17.0. The Balaban J connectivity index is 1.93. The van der Waals surface area contributed by atoms with E-state index in [1.807, 2.05) is 33.0 Å². The maximum Gasteiger partial charge on any atom is 0.223 e. The number of nitrogens with one attached hydrogen (secondary N) is 2. The molecule has 1 aromatic heterocycles. The van der Waals surface area contributed by atoms with E-state index in [9.17, 15) is 9.59 Å². The quantitative estimate of drug-likeness (QED) is 0.732. The van der Waals surface area contributed by atoms with Gasteiger partial charge in [-0.25, -0.2) is 0 Å². The highest BCUT2D eigenvalue weighted by Crippen LogP contribution is 2.27. The molecule has 1 aromatic rings. The molecule has 6 nitrogen and oxygen atoms in total. The second-order valence-corrected chi connectivity index (χ2v) is 7.42. The molecule has 0 unspecified atom stereocenters. The molecule has 1 heterocycles. The summed E-state index contributed by atoms with van der Waals surface area (Å²) in [6.07, 6.45) is 5.28. The van der Waals surface area contributed by atoms with Gasteiger partial charge >= 0.3 is 0 Å². The van der Waals surface area contributed by atoms with Crippen LogP contribution in [0.15, 0.2) is 12.3 Å². The number of aryl methyl sites for hydroxylation is 2. The highest BCUT2D eigenvalue weighted by atomic mass is 16.5. The van der Waals surface area contributed by atoms with Crippen LogP contribution in [0.3, 0.4) is 0 Å². The molecule has 1 saturated carbocycles. The molecular formula is C21H33N3O3. The Hall–Kier alpha value is -1.95. The van der Waals surface area contributed by atoms with E-state index in [2.05, 4.69) is 22.5 Å². The third-order valence-electron chi connectivity index (χ3n) is 5.18. The summed E-state index contributed by atoms with van der Waals surface area (Å²) < 4.78 is 5.96. The third kappa shape index (κ3) is 6.31. The fourth-order valence-electron chi connectivity index (χ4n) is 3.53. The first-order chi connectivity index (χ1) is 12.9. The van der Waals surface area contributed by atoms with Crippen LogP contribution in [-0.2, 0) is 20.9 Å². The number of carbonyl (C=O) groups excluding carboxylic acids is 2. The first-order valence-electron chi connectivity index (χ1n) is 10.0. The minimum Gasteiger partial charge on any atom is -0.376 e. The molecule has 2 rings (SSSR count). The molecule has 3 atom stereocenters. The molecule has 0 spiro atoms. The molecule has 0 aliphatic heterocycles. The number of nitrogens with zero attached hydrogens (tertiary/aromatic N) is 1. The topological polar surface area (TPSA) is 80.3 Å². The predicted octanol–water partition coefficient (Wildman–Crippen LogP) is 2.80. The van der Waals surface area contributed by atoms with Gasteiger partial charge in [0.1, 0.15) is 0 Å².